The Bertz CT molecular complexity index is 421. The molecule has 0 aromatic heterocycles. The van der Waals surface area contributed by atoms with Crippen molar-refractivity contribution in [1.29, 1.82) is 0 Å². The molecule has 0 bridgehead atoms. The van der Waals surface area contributed by atoms with Gasteiger partial charge in [0, 0.05) is 12.6 Å². The largest absolute Gasteiger partial charge is 0.396 e. The fourth-order valence-corrected chi connectivity index (χ4v) is 1.65. The number of likely N-dealkylation sites (N-methyl/N-ethyl adjacent to an activating group) is 1. The average molecular weight is 253 g/mol. The maximum atomic E-state index is 13.2. The zero-order chi connectivity index (χ0) is 13.7. The Balaban J connectivity index is 2.51. The van der Waals surface area contributed by atoms with E-state index in [9.17, 15) is 9.18 Å². The van der Waals surface area contributed by atoms with Crippen LogP contribution in [0.2, 0.25) is 0 Å². The van der Waals surface area contributed by atoms with Gasteiger partial charge in [-0.15, -0.1) is 0 Å². The van der Waals surface area contributed by atoms with Crippen LogP contribution in [0.3, 0.4) is 0 Å². The molecule has 0 aliphatic carbocycles. The van der Waals surface area contributed by atoms with Gasteiger partial charge in [-0.25, -0.2) is 4.39 Å². The van der Waals surface area contributed by atoms with Gasteiger partial charge in [-0.1, -0.05) is 6.07 Å². The van der Waals surface area contributed by atoms with E-state index in [-0.39, 0.29) is 24.2 Å². The topological polar surface area (TPSA) is 58.4 Å². The van der Waals surface area contributed by atoms with E-state index in [0.717, 1.165) is 5.56 Å². The minimum absolute atomic E-state index is 0.0385. The third-order valence-electron chi connectivity index (χ3n) is 2.38. The number of nitrogens with two attached hydrogens (primary N) is 1. The Hall–Kier alpha value is -1.62. The highest BCUT2D eigenvalue weighted by Crippen LogP contribution is 2.13. The smallest absolute Gasteiger partial charge is 0.234 e. The number of anilines is 1. The van der Waals surface area contributed by atoms with Crippen LogP contribution in [-0.4, -0.2) is 30.4 Å². The molecule has 0 atom stereocenters. The Morgan fingerprint density at radius 3 is 2.72 bits per heavy atom. The van der Waals surface area contributed by atoms with Crippen LogP contribution in [0.5, 0.6) is 0 Å². The molecule has 0 radical (unpaired) electrons. The summed E-state index contributed by atoms with van der Waals surface area (Å²) in [6.45, 7) is 4.60. The number of amides is 1. The molecular formula is C13H20FN3O. The molecule has 1 amide bonds. The number of halogens is 1. The van der Waals surface area contributed by atoms with Crippen molar-refractivity contribution in [2.24, 2.45) is 0 Å². The van der Waals surface area contributed by atoms with Crippen LogP contribution >= 0.6 is 0 Å². The molecule has 18 heavy (non-hydrogen) atoms. The molecule has 0 aliphatic heterocycles. The number of nitrogen functional groups attached to an aromatic ring is 1. The molecule has 1 aromatic rings. The van der Waals surface area contributed by atoms with E-state index in [2.05, 4.69) is 5.32 Å². The normalized spacial score (nSPS) is 11.0. The summed E-state index contributed by atoms with van der Waals surface area (Å²) in [6.07, 6.45) is 0. The Labute approximate surface area is 107 Å². The first-order valence-electron chi connectivity index (χ1n) is 5.90. The van der Waals surface area contributed by atoms with Gasteiger partial charge in [-0.05, 0) is 38.6 Å². The maximum Gasteiger partial charge on any atom is 0.234 e. The van der Waals surface area contributed by atoms with E-state index in [1.165, 1.54) is 12.1 Å². The van der Waals surface area contributed by atoms with Gasteiger partial charge in [-0.3, -0.25) is 9.69 Å². The van der Waals surface area contributed by atoms with E-state index in [0.29, 0.717) is 6.54 Å². The molecular weight excluding hydrogens is 233 g/mol. The minimum Gasteiger partial charge on any atom is -0.396 e. The Morgan fingerprint density at radius 1 is 1.50 bits per heavy atom. The van der Waals surface area contributed by atoms with E-state index in [4.69, 9.17) is 5.73 Å². The summed E-state index contributed by atoms with van der Waals surface area (Å²) in [5.41, 5.74) is 6.33. The Morgan fingerprint density at radius 2 is 2.17 bits per heavy atom. The first kappa shape index (κ1) is 14.4. The van der Waals surface area contributed by atoms with Crippen molar-refractivity contribution in [3.63, 3.8) is 0 Å². The van der Waals surface area contributed by atoms with Crippen molar-refractivity contribution in [3.8, 4) is 0 Å². The third-order valence-corrected chi connectivity index (χ3v) is 2.38. The molecule has 0 saturated heterocycles. The lowest BCUT2D eigenvalue weighted by Crippen LogP contribution is -2.38. The standard InChI is InChI=1S/C13H20FN3O/c1-9(2)16-13(18)8-17(3)7-10-4-5-12(15)11(14)6-10/h4-6,9H,7-8,15H2,1-3H3,(H,16,18). The number of benzene rings is 1. The molecule has 3 N–H and O–H groups in total. The molecule has 0 spiro atoms. The number of hydrogen-bond donors (Lipinski definition) is 2. The third kappa shape index (κ3) is 4.71. The van der Waals surface area contributed by atoms with Crippen molar-refractivity contribution in [2.45, 2.75) is 26.4 Å². The van der Waals surface area contributed by atoms with Crippen molar-refractivity contribution < 1.29 is 9.18 Å². The molecule has 0 unspecified atom stereocenters. The maximum absolute atomic E-state index is 13.2. The number of carbonyl (C=O) groups excluding carboxylic acids is 1. The average Bonchev–Trinajstić information content (AvgIpc) is 2.21. The predicted molar refractivity (Wildman–Crippen MR) is 70.4 cm³/mol. The Kier molecular flexibility index (Phi) is 5.09. The summed E-state index contributed by atoms with van der Waals surface area (Å²) in [6, 6.07) is 4.81. The van der Waals surface area contributed by atoms with Gasteiger partial charge in [0.25, 0.3) is 0 Å². The summed E-state index contributed by atoms with van der Waals surface area (Å²) in [5, 5.41) is 2.81. The van der Waals surface area contributed by atoms with Gasteiger partial charge in [0.15, 0.2) is 0 Å². The van der Waals surface area contributed by atoms with Gasteiger partial charge >= 0.3 is 0 Å². The molecule has 1 aromatic carbocycles. The van der Waals surface area contributed by atoms with Crippen LogP contribution in [0.4, 0.5) is 10.1 Å². The lowest BCUT2D eigenvalue weighted by Gasteiger charge is -2.17. The molecule has 4 nitrogen and oxygen atoms in total. The van der Waals surface area contributed by atoms with Gasteiger partial charge in [-0.2, -0.15) is 0 Å². The molecule has 100 valence electrons. The molecule has 1 rings (SSSR count). The van der Waals surface area contributed by atoms with Crippen LogP contribution in [0.1, 0.15) is 19.4 Å². The SMILES string of the molecule is CC(C)NC(=O)CN(C)Cc1ccc(N)c(F)c1. The van der Waals surface area contributed by atoms with Crippen LogP contribution in [0.25, 0.3) is 0 Å². The second-order valence-electron chi connectivity index (χ2n) is 4.75. The highest BCUT2D eigenvalue weighted by atomic mass is 19.1. The summed E-state index contributed by atoms with van der Waals surface area (Å²) >= 11 is 0. The lowest BCUT2D eigenvalue weighted by molar-refractivity contribution is -0.122. The fraction of sp³-hybridized carbons (Fsp3) is 0.462. The van der Waals surface area contributed by atoms with E-state index in [1.54, 1.807) is 6.07 Å². The summed E-state index contributed by atoms with van der Waals surface area (Å²) in [4.78, 5) is 13.4. The first-order chi connectivity index (χ1) is 8.38. The van der Waals surface area contributed by atoms with Gasteiger partial charge in [0.1, 0.15) is 5.82 Å². The van der Waals surface area contributed by atoms with Crippen LogP contribution in [0.15, 0.2) is 18.2 Å². The molecule has 0 aliphatic rings. The zero-order valence-corrected chi connectivity index (χ0v) is 11.0. The van der Waals surface area contributed by atoms with Crippen LogP contribution < -0.4 is 11.1 Å². The first-order valence-corrected chi connectivity index (χ1v) is 5.90. The quantitative estimate of drug-likeness (QED) is 0.779. The molecule has 0 heterocycles. The highest BCUT2D eigenvalue weighted by molar-refractivity contribution is 5.78. The summed E-state index contributed by atoms with van der Waals surface area (Å²) in [5.74, 6) is -0.462. The van der Waals surface area contributed by atoms with Crippen LogP contribution in [-0.2, 0) is 11.3 Å². The van der Waals surface area contributed by atoms with E-state index in [1.807, 2.05) is 25.8 Å². The monoisotopic (exact) mass is 253 g/mol. The second kappa shape index (κ2) is 6.35. The summed E-state index contributed by atoms with van der Waals surface area (Å²) in [7, 11) is 1.81. The summed E-state index contributed by atoms with van der Waals surface area (Å²) < 4.78 is 13.2. The molecule has 0 saturated carbocycles. The van der Waals surface area contributed by atoms with Crippen molar-refractivity contribution >= 4 is 11.6 Å². The minimum atomic E-state index is -0.424. The number of nitrogens with one attached hydrogen (secondary N) is 1. The highest BCUT2D eigenvalue weighted by Gasteiger charge is 2.09. The zero-order valence-electron chi connectivity index (χ0n) is 11.0. The van der Waals surface area contributed by atoms with E-state index >= 15 is 0 Å². The molecule has 0 fully saturated rings. The fourth-order valence-electron chi connectivity index (χ4n) is 1.65. The van der Waals surface area contributed by atoms with E-state index < -0.39 is 5.82 Å². The lowest BCUT2D eigenvalue weighted by atomic mass is 10.2. The van der Waals surface area contributed by atoms with Crippen molar-refractivity contribution in [3.05, 3.63) is 29.6 Å². The van der Waals surface area contributed by atoms with Crippen molar-refractivity contribution in [2.75, 3.05) is 19.3 Å². The number of carbonyl (C=O) groups is 1. The predicted octanol–water partition coefficient (Wildman–Crippen LogP) is 1.36. The van der Waals surface area contributed by atoms with Gasteiger partial charge in [0.05, 0.1) is 12.2 Å². The van der Waals surface area contributed by atoms with Crippen molar-refractivity contribution in [1.82, 2.24) is 10.2 Å². The van der Waals surface area contributed by atoms with Gasteiger partial charge < -0.3 is 11.1 Å². The van der Waals surface area contributed by atoms with Crippen LogP contribution in [0, 0.1) is 5.82 Å². The second-order valence-corrected chi connectivity index (χ2v) is 4.75. The van der Waals surface area contributed by atoms with Gasteiger partial charge in [0.2, 0.25) is 5.91 Å². The number of rotatable bonds is 5. The number of nitrogens with zero attached hydrogens (tertiary/aromatic N) is 1. The number of hydrogen-bond acceptors (Lipinski definition) is 3. The molecule has 5 heteroatoms.